The molecule has 1 saturated heterocycles. The van der Waals surface area contributed by atoms with Gasteiger partial charge in [0.05, 0.1) is 11.1 Å². The van der Waals surface area contributed by atoms with E-state index in [2.05, 4.69) is 15.6 Å². The Labute approximate surface area is 163 Å². The van der Waals surface area contributed by atoms with Crippen molar-refractivity contribution in [2.45, 2.75) is 18.9 Å². The molecule has 1 fully saturated rings. The molecule has 6 heteroatoms. The van der Waals surface area contributed by atoms with E-state index in [0.29, 0.717) is 24.2 Å². The summed E-state index contributed by atoms with van der Waals surface area (Å²) in [5.41, 5.74) is 2.08. The summed E-state index contributed by atoms with van der Waals surface area (Å²) in [5, 5.41) is 6.95. The Morgan fingerprint density at radius 3 is 2.46 bits per heavy atom. The lowest BCUT2D eigenvalue weighted by Gasteiger charge is -2.32. The van der Waals surface area contributed by atoms with Crippen LogP contribution in [0.4, 0.5) is 10.5 Å². The third-order valence-corrected chi connectivity index (χ3v) is 5.02. The van der Waals surface area contributed by atoms with Crippen LogP contribution in [0, 0.1) is 0 Å². The minimum absolute atomic E-state index is 0.0484. The number of benzene rings is 2. The third-order valence-electron chi connectivity index (χ3n) is 5.02. The maximum absolute atomic E-state index is 12.7. The van der Waals surface area contributed by atoms with Crippen molar-refractivity contribution in [3.63, 3.8) is 0 Å². The Hall–Kier alpha value is -3.41. The van der Waals surface area contributed by atoms with E-state index in [-0.39, 0.29) is 18.0 Å². The SMILES string of the molecule is O=C(NC1CCN(C(=O)Nc2ccccc2)CC1)c1cccc2cccnc12. The van der Waals surface area contributed by atoms with Crippen LogP contribution in [0.2, 0.25) is 0 Å². The number of pyridine rings is 1. The smallest absolute Gasteiger partial charge is 0.321 e. The second kappa shape index (κ2) is 8.08. The fourth-order valence-corrected chi connectivity index (χ4v) is 3.50. The van der Waals surface area contributed by atoms with Crippen molar-refractivity contribution in [2.75, 3.05) is 18.4 Å². The number of rotatable bonds is 3. The lowest BCUT2D eigenvalue weighted by Crippen LogP contribution is -2.47. The van der Waals surface area contributed by atoms with Crippen LogP contribution in [0.3, 0.4) is 0 Å². The van der Waals surface area contributed by atoms with Gasteiger partial charge in [0.25, 0.3) is 5.91 Å². The molecule has 1 aliphatic rings. The number of nitrogens with zero attached hydrogens (tertiary/aromatic N) is 2. The second-order valence-electron chi connectivity index (χ2n) is 6.91. The fraction of sp³-hybridized carbons (Fsp3) is 0.227. The van der Waals surface area contributed by atoms with E-state index in [9.17, 15) is 9.59 Å². The summed E-state index contributed by atoms with van der Waals surface area (Å²) in [4.78, 5) is 31.3. The van der Waals surface area contributed by atoms with Gasteiger partial charge in [-0.05, 0) is 37.1 Å². The first kappa shape index (κ1) is 18.0. The van der Waals surface area contributed by atoms with Crippen molar-refractivity contribution in [1.29, 1.82) is 0 Å². The van der Waals surface area contributed by atoms with E-state index >= 15 is 0 Å². The molecule has 0 spiro atoms. The van der Waals surface area contributed by atoms with Crippen LogP contribution >= 0.6 is 0 Å². The molecule has 0 aliphatic carbocycles. The number of anilines is 1. The molecule has 0 saturated carbocycles. The maximum atomic E-state index is 12.7. The van der Waals surface area contributed by atoms with Gasteiger partial charge in [0, 0.05) is 36.4 Å². The highest BCUT2D eigenvalue weighted by Gasteiger charge is 2.24. The lowest BCUT2D eigenvalue weighted by atomic mass is 10.0. The molecule has 2 aromatic carbocycles. The number of likely N-dealkylation sites (tertiary alicyclic amines) is 1. The molecule has 2 N–H and O–H groups in total. The van der Waals surface area contributed by atoms with E-state index in [0.717, 1.165) is 23.9 Å². The van der Waals surface area contributed by atoms with Gasteiger partial charge in [0.1, 0.15) is 0 Å². The Bertz CT molecular complexity index is 977. The zero-order chi connectivity index (χ0) is 19.3. The van der Waals surface area contributed by atoms with Gasteiger partial charge < -0.3 is 15.5 Å². The summed E-state index contributed by atoms with van der Waals surface area (Å²) in [6, 6.07) is 18.8. The second-order valence-corrected chi connectivity index (χ2v) is 6.91. The zero-order valence-electron chi connectivity index (χ0n) is 15.5. The van der Waals surface area contributed by atoms with Crippen LogP contribution in [0.15, 0.2) is 66.9 Å². The first-order chi connectivity index (χ1) is 13.7. The molecule has 3 aromatic rings. The van der Waals surface area contributed by atoms with Gasteiger partial charge in [0.15, 0.2) is 0 Å². The Balaban J connectivity index is 1.34. The normalized spacial score (nSPS) is 14.6. The van der Waals surface area contributed by atoms with Gasteiger partial charge in [-0.25, -0.2) is 4.79 Å². The highest BCUT2D eigenvalue weighted by atomic mass is 16.2. The number of piperidine rings is 1. The molecule has 1 aromatic heterocycles. The average molecular weight is 374 g/mol. The molecule has 2 heterocycles. The first-order valence-corrected chi connectivity index (χ1v) is 9.46. The largest absolute Gasteiger partial charge is 0.349 e. The van der Waals surface area contributed by atoms with E-state index in [4.69, 9.17) is 0 Å². The summed E-state index contributed by atoms with van der Waals surface area (Å²) in [6.07, 6.45) is 3.15. The summed E-state index contributed by atoms with van der Waals surface area (Å²) in [5.74, 6) is -0.114. The van der Waals surface area contributed by atoms with Gasteiger partial charge in [-0.3, -0.25) is 9.78 Å². The maximum Gasteiger partial charge on any atom is 0.321 e. The van der Waals surface area contributed by atoms with Crippen LogP contribution in [-0.2, 0) is 0 Å². The molecule has 4 rings (SSSR count). The van der Waals surface area contributed by atoms with Crippen molar-refractivity contribution < 1.29 is 9.59 Å². The molecule has 28 heavy (non-hydrogen) atoms. The molecular weight excluding hydrogens is 352 g/mol. The number of carbonyl (C=O) groups is 2. The molecule has 1 aliphatic heterocycles. The number of para-hydroxylation sites is 2. The van der Waals surface area contributed by atoms with Gasteiger partial charge in [-0.15, -0.1) is 0 Å². The van der Waals surface area contributed by atoms with Gasteiger partial charge in [-0.1, -0.05) is 36.4 Å². The highest BCUT2D eigenvalue weighted by Crippen LogP contribution is 2.18. The summed E-state index contributed by atoms with van der Waals surface area (Å²) in [6.45, 7) is 1.22. The number of hydrogen-bond acceptors (Lipinski definition) is 3. The number of amides is 3. The average Bonchev–Trinajstić information content (AvgIpc) is 2.74. The van der Waals surface area contributed by atoms with Gasteiger partial charge >= 0.3 is 6.03 Å². The molecule has 3 amide bonds. The highest BCUT2D eigenvalue weighted by molar-refractivity contribution is 6.05. The first-order valence-electron chi connectivity index (χ1n) is 9.46. The number of carbonyl (C=O) groups excluding carboxylic acids is 2. The van der Waals surface area contributed by atoms with E-state index in [1.54, 1.807) is 17.2 Å². The molecule has 0 unspecified atom stereocenters. The minimum atomic E-state index is -0.114. The van der Waals surface area contributed by atoms with Crippen LogP contribution in [0.5, 0.6) is 0 Å². The topological polar surface area (TPSA) is 74.3 Å². The molecule has 142 valence electrons. The molecule has 6 nitrogen and oxygen atoms in total. The quantitative estimate of drug-likeness (QED) is 0.735. The fourth-order valence-electron chi connectivity index (χ4n) is 3.50. The van der Waals surface area contributed by atoms with Crippen LogP contribution in [0.25, 0.3) is 10.9 Å². The van der Waals surface area contributed by atoms with E-state index in [1.807, 2.05) is 54.6 Å². The van der Waals surface area contributed by atoms with Gasteiger partial charge in [0.2, 0.25) is 0 Å². The van der Waals surface area contributed by atoms with E-state index < -0.39 is 0 Å². The Kier molecular flexibility index (Phi) is 5.19. The van der Waals surface area contributed by atoms with Crippen molar-refractivity contribution in [2.24, 2.45) is 0 Å². The van der Waals surface area contributed by atoms with Crippen molar-refractivity contribution in [3.05, 3.63) is 72.4 Å². The number of hydrogen-bond donors (Lipinski definition) is 2. The van der Waals surface area contributed by atoms with Gasteiger partial charge in [-0.2, -0.15) is 0 Å². The molecule has 0 radical (unpaired) electrons. The number of nitrogens with one attached hydrogen (secondary N) is 2. The van der Waals surface area contributed by atoms with Crippen LogP contribution < -0.4 is 10.6 Å². The van der Waals surface area contributed by atoms with Crippen LogP contribution in [0.1, 0.15) is 23.2 Å². The minimum Gasteiger partial charge on any atom is -0.349 e. The summed E-state index contributed by atoms with van der Waals surface area (Å²) < 4.78 is 0. The van der Waals surface area contributed by atoms with Crippen molar-refractivity contribution in [1.82, 2.24) is 15.2 Å². The third kappa shape index (κ3) is 3.96. The summed E-state index contributed by atoms with van der Waals surface area (Å²) in [7, 11) is 0. The lowest BCUT2D eigenvalue weighted by molar-refractivity contribution is 0.0921. The molecule has 0 atom stereocenters. The summed E-state index contributed by atoms with van der Waals surface area (Å²) >= 11 is 0. The zero-order valence-corrected chi connectivity index (χ0v) is 15.5. The molecule has 0 bridgehead atoms. The standard InChI is InChI=1S/C22H22N4O2/c27-21(19-10-4-6-16-7-5-13-23-20(16)19)24-18-11-14-26(15-12-18)22(28)25-17-8-2-1-3-9-17/h1-10,13,18H,11-12,14-15H2,(H,24,27)(H,25,28). The Morgan fingerprint density at radius 2 is 1.68 bits per heavy atom. The molecular formula is C22H22N4O2. The van der Waals surface area contributed by atoms with Crippen LogP contribution in [-0.4, -0.2) is 41.0 Å². The number of urea groups is 1. The Morgan fingerprint density at radius 1 is 0.929 bits per heavy atom. The van der Waals surface area contributed by atoms with E-state index in [1.165, 1.54) is 0 Å². The predicted octanol–water partition coefficient (Wildman–Crippen LogP) is 3.66. The van der Waals surface area contributed by atoms with Crippen molar-refractivity contribution in [3.8, 4) is 0 Å². The number of fused-ring (bicyclic) bond motifs is 1. The predicted molar refractivity (Wildman–Crippen MR) is 109 cm³/mol. The monoisotopic (exact) mass is 374 g/mol. The van der Waals surface area contributed by atoms with Crippen molar-refractivity contribution >= 4 is 28.5 Å². The number of aromatic nitrogens is 1.